The number of rotatable bonds is 6. The molecule has 19 heavy (non-hydrogen) atoms. The van der Waals surface area contributed by atoms with Crippen molar-refractivity contribution in [1.29, 1.82) is 0 Å². The summed E-state index contributed by atoms with van der Waals surface area (Å²) in [6, 6.07) is 5.50. The number of nitrogens with two attached hydrogens (primary N) is 1. The first-order chi connectivity index (χ1) is 9.25. The zero-order valence-corrected chi connectivity index (χ0v) is 11.7. The standard InChI is InChI=1S/C12H18N2O4S/c1-3-18-12(15)11(13)8-9-5-4-6-10(7-9)14-19(2,16)17/h4-7,11,14H,3,8,13H2,1-2H3/t11-/m0/s1/i/hD. The zero-order valence-electron chi connectivity index (χ0n) is 11.9. The molecule has 1 atom stereocenters. The van der Waals surface area contributed by atoms with E-state index in [1.165, 1.54) is 12.1 Å². The largest absolute Gasteiger partial charge is 0.465 e. The Labute approximate surface area is 114 Å². The van der Waals surface area contributed by atoms with Crippen LogP contribution in [0.25, 0.3) is 0 Å². The van der Waals surface area contributed by atoms with Crippen LogP contribution in [0, 0.1) is 0 Å². The Bertz CT molecular complexity index is 577. The molecule has 0 saturated heterocycles. The minimum atomic E-state index is -3.65. The lowest BCUT2D eigenvalue weighted by Gasteiger charge is -2.11. The molecule has 0 saturated carbocycles. The van der Waals surface area contributed by atoms with Gasteiger partial charge in [0.15, 0.2) is 1.41 Å². The Morgan fingerprint density at radius 3 is 2.84 bits per heavy atom. The second kappa shape index (κ2) is 6.53. The fourth-order valence-corrected chi connectivity index (χ4v) is 2.01. The lowest BCUT2D eigenvalue weighted by Crippen LogP contribution is -2.34. The van der Waals surface area contributed by atoms with E-state index in [4.69, 9.17) is 11.9 Å². The molecule has 106 valence electrons. The lowest BCUT2D eigenvalue weighted by atomic mass is 10.1. The number of anilines is 1. The van der Waals surface area contributed by atoms with E-state index < -0.39 is 22.0 Å². The van der Waals surface area contributed by atoms with Gasteiger partial charge in [-0.05, 0) is 31.0 Å². The molecule has 0 bridgehead atoms. The minimum Gasteiger partial charge on any atom is -0.465 e. The molecule has 0 amide bonds. The molecule has 7 heteroatoms. The maximum Gasteiger partial charge on any atom is 0.323 e. The smallest absolute Gasteiger partial charge is 0.323 e. The van der Waals surface area contributed by atoms with Crippen LogP contribution in [-0.2, 0) is 26.0 Å². The molecule has 0 heterocycles. The molecule has 1 aromatic rings. The first-order valence-corrected chi connectivity index (χ1v) is 7.61. The van der Waals surface area contributed by atoms with E-state index in [2.05, 4.69) is 0 Å². The van der Waals surface area contributed by atoms with Crippen molar-refractivity contribution in [2.75, 3.05) is 17.6 Å². The molecule has 6 nitrogen and oxygen atoms in total. The molecular formula is C12H18N2O4S. The van der Waals surface area contributed by atoms with Crippen molar-refractivity contribution in [2.24, 2.45) is 5.73 Å². The van der Waals surface area contributed by atoms with E-state index in [0.717, 1.165) is 6.26 Å². The fourth-order valence-electron chi connectivity index (χ4n) is 1.52. The molecule has 0 spiro atoms. The third-order valence-corrected chi connectivity index (χ3v) is 2.77. The van der Waals surface area contributed by atoms with Gasteiger partial charge in [0.1, 0.15) is 6.04 Å². The Morgan fingerprint density at radius 2 is 2.26 bits per heavy atom. The van der Waals surface area contributed by atoms with Crippen LogP contribution in [0.3, 0.4) is 0 Å². The van der Waals surface area contributed by atoms with Crippen molar-refractivity contribution < 1.29 is 19.4 Å². The Hall–Kier alpha value is -1.60. The van der Waals surface area contributed by atoms with Gasteiger partial charge in [-0.25, -0.2) is 8.42 Å². The molecular weight excluding hydrogens is 268 g/mol. The first-order valence-electron chi connectivity index (χ1n) is 6.20. The number of carbonyl (C=O) groups is 1. The number of sulfonamides is 1. The second-order valence-electron chi connectivity index (χ2n) is 4.06. The van der Waals surface area contributed by atoms with E-state index in [1.807, 2.05) is 0 Å². The van der Waals surface area contributed by atoms with Gasteiger partial charge in [0.05, 0.1) is 12.9 Å². The molecule has 0 aliphatic rings. The van der Waals surface area contributed by atoms with Crippen LogP contribution in [0.2, 0.25) is 1.41 Å². The minimum absolute atomic E-state index is 0.195. The van der Waals surface area contributed by atoms with Gasteiger partial charge >= 0.3 is 5.97 Å². The summed E-state index contributed by atoms with van der Waals surface area (Å²) >= 11 is 0. The molecule has 0 radical (unpaired) electrons. The highest BCUT2D eigenvalue weighted by Gasteiger charge is 2.15. The summed E-state index contributed by atoms with van der Waals surface area (Å²) in [6.07, 6.45) is 1.15. The van der Waals surface area contributed by atoms with Gasteiger partial charge in [0, 0.05) is 5.69 Å². The average molecular weight is 287 g/mol. The number of hydrogen-bond acceptors (Lipinski definition) is 5. The maximum absolute atomic E-state index is 11.4. The normalized spacial score (nSPS) is 13.5. The molecule has 0 unspecified atom stereocenters. The number of carbonyl (C=O) groups excluding carboxylic acids is 1. The number of hydrogen-bond donors (Lipinski definition) is 2. The first kappa shape index (κ1) is 13.8. The highest BCUT2D eigenvalue weighted by atomic mass is 32.2. The van der Waals surface area contributed by atoms with E-state index >= 15 is 0 Å². The van der Waals surface area contributed by atoms with Crippen LogP contribution in [0.1, 0.15) is 12.5 Å². The van der Waals surface area contributed by atoms with Crippen molar-refractivity contribution in [3.05, 3.63) is 29.8 Å². The summed E-state index contributed by atoms with van der Waals surface area (Å²) in [5.41, 5.74) is 6.55. The van der Waals surface area contributed by atoms with Gasteiger partial charge in [0.2, 0.25) is 10.0 Å². The van der Waals surface area contributed by atoms with Crippen LogP contribution < -0.4 is 10.4 Å². The van der Waals surface area contributed by atoms with E-state index in [1.54, 1.807) is 19.1 Å². The third kappa shape index (κ3) is 5.71. The van der Waals surface area contributed by atoms with Crippen molar-refractivity contribution >= 4 is 21.7 Å². The number of nitrogens with one attached hydrogen (secondary N) is 1. The third-order valence-electron chi connectivity index (χ3n) is 2.23. The Morgan fingerprint density at radius 1 is 1.58 bits per heavy atom. The molecule has 1 rings (SSSR count). The van der Waals surface area contributed by atoms with Gasteiger partial charge in [-0.1, -0.05) is 12.1 Å². The number of esters is 1. The summed E-state index contributed by atoms with van der Waals surface area (Å²) in [5.74, 6) is -0.510. The monoisotopic (exact) mass is 287 g/mol. The zero-order chi connectivity index (χ0) is 15.3. The topological polar surface area (TPSA) is 98.5 Å². The molecule has 0 aliphatic heterocycles. The summed E-state index contributed by atoms with van der Waals surface area (Å²) in [6.45, 7) is 1.94. The summed E-state index contributed by atoms with van der Waals surface area (Å²) < 4.78 is 35.3. The predicted molar refractivity (Wildman–Crippen MR) is 73.2 cm³/mol. The van der Waals surface area contributed by atoms with Crippen molar-refractivity contribution in [1.82, 2.24) is 0 Å². The van der Waals surface area contributed by atoms with Gasteiger partial charge in [-0.2, -0.15) is 0 Å². The summed E-state index contributed by atoms with van der Waals surface area (Å²) in [4.78, 5) is 11.4. The molecule has 1 aromatic carbocycles. The van der Waals surface area contributed by atoms with Crippen LogP contribution in [0.4, 0.5) is 5.69 Å². The molecule has 0 aliphatic carbocycles. The van der Waals surface area contributed by atoms with Crippen LogP contribution in [-0.4, -0.2) is 33.3 Å². The summed E-state index contributed by atoms with van der Waals surface area (Å²) in [5, 5.41) is 0. The number of ether oxygens (including phenoxy) is 1. The molecule has 0 aromatic heterocycles. The van der Waals surface area contributed by atoms with Crippen molar-refractivity contribution in [2.45, 2.75) is 19.4 Å². The Balaban J connectivity index is 2.86. The fraction of sp³-hybridized carbons (Fsp3) is 0.417. The molecule has 3 N–H and O–H groups in total. The van der Waals surface area contributed by atoms with Crippen molar-refractivity contribution in [3.63, 3.8) is 0 Å². The number of benzene rings is 1. The average Bonchev–Trinajstić information content (AvgIpc) is 2.37. The molecule has 0 fully saturated rings. The SMILES string of the molecule is [2H]N(c1cccc(C[C@H](N)C(=O)OCC)c1)S(C)(=O)=O. The van der Waals surface area contributed by atoms with Gasteiger partial charge in [-0.15, -0.1) is 0 Å². The Kier molecular flexibility index (Phi) is 4.75. The lowest BCUT2D eigenvalue weighted by molar-refractivity contribution is -0.144. The maximum atomic E-state index is 11.4. The van der Waals surface area contributed by atoms with Gasteiger partial charge < -0.3 is 10.5 Å². The highest BCUT2D eigenvalue weighted by Crippen LogP contribution is 2.13. The second-order valence-corrected chi connectivity index (χ2v) is 5.71. The highest BCUT2D eigenvalue weighted by molar-refractivity contribution is 7.92. The van der Waals surface area contributed by atoms with Gasteiger partial charge in [0.25, 0.3) is 0 Å². The van der Waals surface area contributed by atoms with Gasteiger partial charge in [-0.3, -0.25) is 9.51 Å². The quantitative estimate of drug-likeness (QED) is 0.742. The van der Waals surface area contributed by atoms with E-state index in [-0.39, 0.29) is 18.7 Å². The van der Waals surface area contributed by atoms with Crippen molar-refractivity contribution in [3.8, 4) is 0 Å². The van der Waals surface area contributed by atoms with E-state index in [0.29, 0.717) is 10.3 Å². The summed E-state index contributed by atoms with van der Waals surface area (Å²) in [7, 11) is -3.65. The van der Waals surface area contributed by atoms with Crippen LogP contribution in [0.15, 0.2) is 24.3 Å². The van der Waals surface area contributed by atoms with Crippen LogP contribution >= 0.6 is 0 Å². The predicted octanol–water partition coefficient (Wildman–Crippen LogP) is 0.491. The van der Waals surface area contributed by atoms with Crippen LogP contribution in [0.5, 0.6) is 0 Å². The van der Waals surface area contributed by atoms with E-state index in [9.17, 15) is 13.2 Å².